The Kier molecular flexibility index (Phi) is 6.33. The number of pyridine rings is 1. The molecule has 1 N–H and O–H groups in total. The van der Waals surface area contributed by atoms with Crippen molar-refractivity contribution in [1.29, 1.82) is 0 Å². The Labute approximate surface area is 194 Å². The molecule has 0 spiro atoms. The molecule has 1 aromatic carbocycles. The average molecular weight is 473 g/mol. The van der Waals surface area contributed by atoms with E-state index in [0.717, 1.165) is 6.07 Å². The van der Waals surface area contributed by atoms with E-state index in [0.29, 0.717) is 48.5 Å². The molecule has 0 aliphatic carbocycles. The first-order chi connectivity index (χ1) is 16.1. The Bertz CT molecular complexity index is 1300. The van der Waals surface area contributed by atoms with Crippen molar-refractivity contribution in [3.8, 4) is 0 Å². The summed E-state index contributed by atoms with van der Waals surface area (Å²) >= 11 is 0. The number of likely N-dealkylation sites (tertiary alicyclic amines) is 1. The number of rotatable bonds is 5. The molecule has 2 aromatic heterocycles. The molecule has 1 aliphatic heterocycles. The van der Waals surface area contributed by atoms with E-state index in [9.17, 15) is 22.8 Å². The summed E-state index contributed by atoms with van der Waals surface area (Å²) in [6.45, 7) is 6.21. The highest BCUT2D eigenvalue weighted by atomic mass is 19.3. The predicted molar refractivity (Wildman–Crippen MR) is 122 cm³/mol. The lowest BCUT2D eigenvalue weighted by Gasteiger charge is -2.40. The fourth-order valence-electron chi connectivity index (χ4n) is 4.40. The first-order valence-electron chi connectivity index (χ1n) is 11.1. The van der Waals surface area contributed by atoms with Crippen molar-refractivity contribution < 1.29 is 18.0 Å². The van der Waals surface area contributed by atoms with Crippen molar-refractivity contribution in [2.24, 2.45) is 0 Å². The number of piperidine rings is 1. The molecule has 180 valence electrons. The number of anilines is 1. The Morgan fingerprint density at radius 1 is 1.24 bits per heavy atom. The molecule has 1 saturated heterocycles. The molecular weight excluding hydrogens is 447 g/mol. The minimum atomic E-state index is -2.91. The average Bonchev–Trinajstić information content (AvgIpc) is 2.77. The van der Waals surface area contributed by atoms with E-state index in [4.69, 9.17) is 0 Å². The fourth-order valence-corrected chi connectivity index (χ4v) is 4.40. The largest absolute Gasteiger partial charge is 0.365 e. The standard InChI is InChI=1S/C24H26F3N5O2/c1-14-29-19-11-20(34)32(24(3)7-9-31(10-8-24)15(2)33)13-18(19)23(30-14)28-12-16-5-4-6-17(21(16)25)22(26)27/h4-6,11,13,22H,7-10,12H2,1-3H3,(H,28,29,30). The molecule has 1 aliphatic rings. The van der Waals surface area contributed by atoms with E-state index in [-0.39, 0.29) is 23.6 Å². The third kappa shape index (κ3) is 4.49. The third-order valence-corrected chi connectivity index (χ3v) is 6.50. The number of alkyl halides is 2. The molecular formula is C24H26F3N5O2. The van der Waals surface area contributed by atoms with E-state index in [1.54, 1.807) is 22.6 Å². The van der Waals surface area contributed by atoms with Crippen LogP contribution in [0.15, 0.2) is 35.3 Å². The normalized spacial score (nSPS) is 15.7. The molecule has 1 fully saturated rings. The number of aromatic nitrogens is 3. The minimum Gasteiger partial charge on any atom is -0.365 e. The molecule has 1 amide bonds. The molecule has 0 atom stereocenters. The van der Waals surface area contributed by atoms with E-state index in [1.165, 1.54) is 25.1 Å². The molecule has 0 bridgehead atoms. The summed E-state index contributed by atoms with van der Waals surface area (Å²) in [7, 11) is 0. The molecule has 7 nitrogen and oxygen atoms in total. The summed E-state index contributed by atoms with van der Waals surface area (Å²) in [6, 6.07) is 5.32. The zero-order chi connectivity index (χ0) is 24.6. The summed E-state index contributed by atoms with van der Waals surface area (Å²) in [5.74, 6) is -0.161. The smallest absolute Gasteiger partial charge is 0.266 e. The molecule has 0 unspecified atom stereocenters. The number of fused-ring (bicyclic) bond motifs is 1. The van der Waals surface area contributed by atoms with Gasteiger partial charge in [-0.05, 0) is 26.7 Å². The van der Waals surface area contributed by atoms with Crippen LogP contribution in [0.1, 0.15) is 50.1 Å². The second-order valence-corrected chi connectivity index (χ2v) is 8.88. The first-order valence-corrected chi connectivity index (χ1v) is 11.1. The third-order valence-electron chi connectivity index (χ3n) is 6.50. The van der Waals surface area contributed by atoms with Crippen LogP contribution in [0.25, 0.3) is 10.9 Å². The number of carbonyl (C=O) groups excluding carboxylic acids is 1. The number of amides is 1. The maximum atomic E-state index is 14.5. The number of hydrogen-bond donors (Lipinski definition) is 1. The van der Waals surface area contributed by atoms with Gasteiger partial charge in [-0.3, -0.25) is 9.59 Å². The van der Waals surface area contributed by atoms with Gasteiger partial charge < -0.3 is 14.8 Å². The van der Waals surface area contributed by atoms with Gasteiger partial charge in [0.15, 0.2) is 0 Å². The maximum Gasteiger partial charge on any atom is 0.266 e. The first kappa shape index (κ1) is 23.7. The Hall–Kier alpha value is -3.43. The van der Waals surface area contributed by atoms with Gasteiger partial charge in [0.25, 0.3) is 12.0 Å². The SMILES string of the molecule is CC(=O)N1CCC(C)(n2cc3c(NCc4cccc(C(F)F)c4F)nc(C)nc3cc2=O)CC1. The van der Waals surface area contributed by atoms with Crippen LogP contribution in [0.4, 0.5) is 19.0 Å². The van der Waals surface area contributed by atoms with Crippen molar-refractivity contribution in [3.05, 3.63) is 63.6 Å². The Morgan fingerprint density at radius 3 is 2.59 bits per heavy atom. The topological polar surface area (TPSA) is 80.1 Å². The number of benzene rings is 1. The lowest BCUT2D eigenvalue weighted by Crippen LogP contribution is -2.48. The van der Waals surface area contributed by atoms with Gasteiger partial charge in [-0.25, -0.2) is 23.1 Å². The van der Waals surface area contributed by atoms with Crippen molar-refractivity contribution in [1.82, 2.24) is 19.4 Å². The van der Waals surface area contributed by atoms with Crippen LogP contribution >= 0.6 is 0 Å². The van der Waals surface area contributed by atoms with Crippen LogP contribution in [0.5, 0.6) is 0 Å². The summed E-state index contributed by atoms with van der Waals surface area (Å²) < 4.78 is 42.3. The van der Waals surface area contributed by atoms with Gasteiger partial charge in [0.2, 0.25) is 5.91 Å². The van der Waals surface area contributed by atoms with Gasteiger partial charge in [0.1, 0.15) is 17.5 Å². The van der Waals surface area contributed by atoms with Crippen LogP contribution in [0.3, 0.4) is 0 Å². The summed E-state index contributed by atoms with van der Waals surface area (Å²) in [6.07, 6.45) is -0.000753. The number of carbonyl (C=O) groups is 1. The molecule has 3 heterocycles. The monoisotopic (exact) mass is 473 g/mol. The van der Waals surface area contributed by atoms with Crippen LogP contribution in [-0.4, -0.2) is 38.4 Å². The van der Waals surface area contributed by atoms with Crippen LogP contribution in [0.2, 0.25) is 0 Å². The second-order valence-electron chi connectivity index (χ2n) is 8.88. The number of nitrogens with zero attached hydrogens (tertiary/aromatic N) is 4. The lowest BCUT2D eigenvalue weighted by molar-refractivity contribution is -0.130. The lowest BCUT2D eigenvalue weighted by atomic mass is 9.89. The molecule has 0 saturated carbocycles. The van der Waals surface area contributed by atoms with E-state index < -0.39 is 23.3 Å². The zero-order valence-corrected chi connectivity index (χ0v) is 19.2. The number of hydrogen-bond acceptors (Lipinski definition) is 5. The maximum absolute atomic E-state index is 14.5. The molecule has 34 heavy (non-hydrogen) atoms. The Morgan fingerprint density at radius 2 is 1.94 bits per heavy atom. The molecule has 3 aromatic rings. The van der Waals surface area contributed by atoms with Crippen molar-refractivity contribution in [2.75, 3.05) is 18.4 Å². The van der Waals surface area contributed by atoms with Gasteiger partial charge in [0.05, 0.1) is 16.5 Å². The highest BCUT2D eigenvalue weighted by molar-refractivity contribution is 5.88. The quantitative estimate of drug-likeness (QED) is 0.602. The Balaban J connectivity index is 1.69. The number of aryl methyl sites for hydroxylation is 1. The summed E-state index contributed by atoms with van der Waals surface area (Å²) in [4.78, 5) is 35.2. The van der Waals surface area contributed by atoms with Crippen LogP contribution in [0, 0.1) is 12.7 Å². The van der Waals surface area contributed by atoms with E-state index in [1.807, 2.05) is 6.92 Å². The zero-order valence-electron chi connectivity index (χ0n) is 19.2. The van der Waals surface area contributed by atoms with Gasteiger partial charge in [-0.1, -0.05) is 18.2 Å². The van der Waals surface area contributed by atoms with Crippen molar-refractivity contribution >= 4 is 22.6 Å². The predicted octanol–water partition coefficient (Wildman–Crippen LogP) is 4.15. The highest BCUT2D eigenvalue weighted by Gasteiger charge is 2.33. The highest BCUT2D eigenvalue weighted by Crippen LogP contribution is 2.31. The van der Waals surface area contributed by atoms with Gasteiger partial charge in [-0.15, -0.1) is 0 Å². The molecule has 0 radical (unpaired) electrons. The van der Waals surface area contributed by atoms with Gasteiger partial charge in [-0.2, -0.15) is 0 Å². The second kappa shape index (κ2) is 9.08. The van der Waals surface area contributed by atoms with E-state index in [2.05, 4.69) is 15.3 Å². The minimum absolute atomic E-state index is 0.00594. The van der Waals surface area contributed by atoms with Gasteiger partial charge >= 0.3 is 0 Å². The van der Waals surface area contributed by atoms with Crippen LogP contribution < -0.4 is 10.9 Å². The van der Waals surface area contributed by atoms with E-state index >= 15 is 0 Å². The van der Waals surface area contributed by atoms with Crippen molar-refractivity contribution in [3.63, 3.8) is 0 Å². The van der Waals surface area contributed by atoms with Crippen LogP contribution in [-0.2, 0) is 16.9 Å². The fraction of sp³-hybridized carbons (Fsp3) is 0.417. The number of nitrogens with one attached hydrogen (secondary N) is 1. The summed E-state index contributed by atoms with van der Waals surface area (Å²) in [5, 5.41) is 3.59. The number of halogens is 3. The summed E-state index contributed by atoms with van der Waals surface area (Å²) in [5.41, 5.74) is -0.855. The molecule has 4 rings (SSSR count). The molecule has 10 heteroatoms. The van der Waals surface area contributed by atoms with Crippen molar-refractivity contribution in [2.45, 2.75) is 52.1 Å². The van der Waals surface area contributed by atoms with Gasteiger partial charge in [0, 0.05) is 49.9 Å².